The Labute approximate surface area is 166 Å². The summed E-state index contributed by atoms with van der Waals surface area (Å²) in [6.45, 7) is 3.48. The van der Waals surface area contributed by atoms with E-state index in [1.807, 2.05) is 34.5 Å². The highest BCUT2D eigenvalue weighted by Gasteiger charge is 2.50. The van der Waals surface area contributed by atoms with Gasteiger partial charge in [0.25, 0.3) is 5.56 Å². The van der Waals surface area contributed by atoms with Crippen LogP contribution in [-0.4, -0.2) is 50.3 Å². The molecule has 7 nitrogen and oxygen atoms in total. The lowest BCUT2D eigenvalue weighted by Gasteiger charge is -2.23. The molecule has 0 aliphatic carbocycles. The van der Waals surface area contributed by atoms with E-state index in [4.69, 9.17) is 0 Å². The molecule has 2 saturated heterocycles. The van der Waals surface area contributed by atoms with Crippen LogP contribution < -0.4 is 5.56 Å². The molecule has 0 aromatic carbocycles. The molecule has 28 heavy (non-hydrogen) atoms. The number of nitrogens with one attached hydrogen (secondary N) is 1. The largest absolute Gasteiger partial charge is 0.336 e. The molecule has 1 spiro atoms. The number of rotatable bonds is 4. The Balaban J connectivity index is 1.28. The number of hydrogen-bond acceptors (Lipinski definition) is 6. The first-order chi connectivity index (χ1) is 13.6. The molecule has 0 radical (unpaired) electrons. The van der Waals surface area contributed by atoms with Gasteiger partial charge in [0.1, 0.15) is 10.5 Å². The number of nitrogens with zero attached hydrogens (tertiary/aromatic N) is 4. The Morgan fingerprint density at radius 2 is 2.04 bits per heavy atom. The van der Waals surface area contributed by atoms with E-state index in [2.05, 4.69) is 19.9 Å². The number of hydrogen-bond donors (Lipinski definition) is 1. The highest BCUT2D eigenvalue weighted by atomic mass is 32.1. The second-order valence-corrected chi connectivity index (χ2v) is 8.60. The van der Waals surface area contributed by atoms with Crippen molar-refractivity contribution in [1.82, 2.24) is 24.8 Å². The van der Waals surface area contributed by atoms with Gasteiger partial charge in [0.2, 0.25) is 5.91 Å². The monoisotopic (exact) mass is 395 g/mol. The van der Waals surface area contributed by atoms with Gasteiger partial charge < -0.3 is 9.88 Å². The number of carbonyl (C=O) groups is 1. The van der Waals surface area contributed by atoms with Gasteiger partial charge >= 0.3 is 0 Å². The van der Waals surface area contributed by atoms with E-state index in [0.29, 0.717) is 23.6 Å². The van der Waals surface area contributed by atoms with E-state index in [1.54, 1.807) is 6.20 Å². The summed E-state index contributed by atoms with van der Waals surface area (Å²) in [5.74, 6) is 0.902. The summed E-state index contributed by atoms with van der Waals surface area (Å²) in [7, 11) is 0. The van der Waals surface area contributed by atoms with Gasteiger partial charge in [0.15, 0.2) is 0 Å². The highest BCUT2D eigenvalue weighted by molar-refractivity contribution is 7.17. The molecule has 144 valence electrons. The summed E-state index contributed by atoms with van der Waals surface area (Å²) in [6.07, 6.45) is 3.50. The molecule has 1 unspecified atom stereocenters. The quantitative estimate of drug-likeness (QED) is 0.731. The molecular formula is C20H21N5O2S. The van der Waals surface area contributed by atoms with Crippen LogP contribution in [0.5, 0.6) is 0 Å². The minimum absolute atomic E-state index is 0.0811. The predicted octanol–water partition coefficient (Wildman–Crippen LogP) is 2.00. The Morgan fingerprint density at radius 1 is 1.14 bits per heavy atom. The van der Waals surface area contributed by atoms with Crippen molar-refractivity contribution in [2.75, 3.05) is 19.6 Å². The van der Waals surface area contributed by atoms with Crippen molar-refractivity contribution in [2.45, 2.75) is 25.9 Å². The van der Waals surface area contributed by atoms with Gasteiger partial charge in [-0.3, -0.25) is 19.5 Å². The average Bonchev–Trinajstić information content (AvgIpc) is 3.40. The van der Waals surface area contributed by atoms with Crippen LogP contribution in [0.3, 0.4) is 0 Å². The minimum atomic E-state index is -0.304. The van der Waals surface area contributed by atoms with Crippen LogP contribution in [0.2, 0.25) is 0 Å². The third-order valence-electron chi connectivity index (χ3n) is 5.85. The van der Waals surface area contributed by atoms with Gasteiger partial charge in [-0.05, 0) is 43.0 Å². The highest BCUT2D eigenvalue weighted by Crippen LogP contribution is 2.41. The van der Waals surface area contributed by atoms with Crippen LogP contribution in [0.15, 0.2) is 40.6 Å². The molecule has 3 aromatic heterocycles. The van der Waals surface area contributed by atoms with Crippen molar-refractivity contribution >= 4 is 27.5 Å². The number of thiophene rings is 1. The number of carbonyl (C=O) groups excluding carboxylic acids is 1. The molecule has 5 heterocycles. The van der Waals surface area contributed by atoms with Crippen LogP contribution in [0, 0.1) is 5.41 Å². The van der Waals surface area contributed by atoms with Crippen LogP contribution in [0.1, 0.15) is 24.4 Å². The van der Waals surface area contributed by atoms with Crippen molar-refractivity contribution < 1.29 is 4.79 Å². The second-order valence-electron chi connectivity index (χ2n) is 7.69. The van der Waals surface area contributed by atoms with E-state index in [1.165, 1.54) is 11.3 Å². The topological polar surface area (TPSA) is 82.2 Å². The van der Waals surface area contributed by atoms with E-state index in [9.17, 15) is 9.59 Å². The molecule has 5 rings (SSSR count). The number of aromatic nitrogens is 3. The maximum Gasteiger partial charge on any atom is 0.268 e. The van der Waals surface area contributed by atoms with Crippen LogP contribution in [0.25, 0.3) is 10.2 Å². The summed E-state index contributed by atoms with van der Waals surface area (Å²) in [5.41, 5.74) is 1.29. The number of pyridine rings is 1. The minimum Gasteiger partial charge on any atom is -0.336 e. The molecule has 1 atom stereocenters. The molecule has 0 saturated carbocycles. The fourth-order valence-corrected chi connectivity index (χ4v) is 5.14. The van der Waals surface area contributed by atoms with Crippen molar-refractivity contribution in [1.29, 1.82) is 0 Å². The third-order valence-corrected chi connectivity index (χ3v) is 6.75. The average molecular weight is 395 g/mol. The molecule has 2 aliphatic rings. The van der Waals surface area contributed by atoms with Crippen LogP contribution >= 0.6 is 11.3 Å². The normalized spacial score (nSPS) is 22.7. The van der Waals surface area contributed by atoms with Crippen LogP contribution in [0.4, 0.5) is 0 Å². The Kier molecular flexibility index (Phi) is 4.25. The lowest BCUT2D eigenvalue weighted by Crippen LogP contribution is -2.36. The number of amides is 1. The predicted molar refractivity (Wildman–Crippen MR) is 107 cm³/mol. The SMILES string of the molecule is O=C1N(Cc2ccccn2)CCC12CCN(Cc1nc3ccsc3c(=O)[nH]1)C2. The first-order valence-corrected chi connectivity index (χ1v) is 10.4. The van der Waals surface area contributed by atoms with Crippen molar-refractivity contribution in [3.63, 3.8) is 0 Å². The molecule has 2 aliphatic heterocycles. The van der Waals surface area contributed by atoms with Gasteiger partial charge in [-0.1, -0.05) is 6.07 Å². The molecule has 0 bridgehead atoms. The Bertz CT molecular complexity index is 1080. The molecule has 8 heteroatoms. The summed E-state index contributed by atoms with van der Waals surface area (Å²) >= 11 is 1.41. The van der Waals surface area contributed by atoms with Crippen molar-refractivity contribution in [3.05, 3.63) is 57.7 Å². The van der Waals surface area contributed by atoms with E-state index in [0.717, 1.165) is 43.7 Å². The van der Waals surface area contributed by atoms with E-state index < -0.39 is 0 Å². The second kappa shape index (κ2) is 6.79. The van der Waals surface area contributed by atoms with Gasteiger partial charge in [0, 0.05) is 19.3 Å². The lowest BCUT2D eigenvalue weighted by atomic mass is 9.85. The Morgan fingerprint density at radius 3 is 2.89 bits per heavy atom. The fourth-order valence-electron chi connectivity index (χ4n) is 4.41. The van der Waals surface area contributed by atoms with Crippen molar-refractivity contribution in [2.24, 2.45) is 5.41 Å². The van der Waals surface area contributed by atoms with Gasteiger partial charge in [0.05, 0.1) is 29.7 Å². The molecule has 2 fully saturated rings. The van der Waals surface area contributed by atoms with Gasteiger partial charge in [-0.15, -0.1) is 11.3 Å². The standard InChI is InChI=1S/C20H21N5O2S/c26-18-17-15(4-10-28-17)22-16(23-18)12-24-8-5-20(13-24)6-9-25(19(20)27)11-14-3-1-2-7-21-14/h1-4,7,10H,5-6,8-9,11-13H2,(H,22,23,26). The molecule has 3 aromatic rings. The van der Waals surface area contributed by atoms with Crippen LogP contribution in [-0.2, 0) is 17.9 Å². The zero-order valence-electron chi connectivity index (χ0n) is 15.4. The van der Waals surface area contributed by atoms with Gasteiger partial charge in [-0.2, -0.15) is 0 Å². The zero-order chi connectivity index (χ0) is 19.1. The van der Waals surface area contributed by atoms with Gasteiger partial charge in [-0.25, -0.2) is 4.98 Å². The van der Waals surface area contributed by atoms with E-state index >= 15 is 0 Å². The molecular weight excluding hydrogens is 374 g/mol. The summed E-state index contributed by atoms with van der Waals surface area (Å²) in [4.78, 5) is 41.3. The molecule has 1 N–H and O–H groups in total. The smallest absolute Gasteiger partial charge is 0.268 e. The Hall–Kier alpha value is -2.58. The third kappa shape index (κ3) is 3.02. The maximum absolute atomic E-state index is 13.1. The first kappa shape index (κ1) is 17.5. The van der Waals surface area contributed by atoms with Crippen molar-refractivity contribution in [3.8, 4) is 0 Å². The summed E-state index contributed by atoms with van der Waals surface area (Å²) < 4.78 is 0.665. The zero-order valence-corrected chi connectivity index (χ0v) is 16.2. The first-order valence-electron chi connectivity index (χ1n) is 9.51. The summed E-state index contributed by atoms with van der Waals surface area (Å²) in [5, 5.41) is 1.88. The number of H-pyrrole nitrogens is 1. The summed E-state index contributed by atoms with van der Waals surface area (Å²) in [6, 6.07) is 7.67. The number of likely N-dealkylation sites (tertiary alicyclic amines) is 2. The molecule has 1 amide bonds. The number of aromatic amines is 1. The maximum atomic E-state index is 13.1. The fraction of sp³-hybridized carbons (Fsp3) is 0.400. The number of fused-ring (bicyclic) bond motifs is 1. The van der Waals surface area contributed by atoms with E-state index in [-0.39, 0.29) is 16.9 Å². The lowest BCUT2D eigenvalue weighted by molar-refractivity contribution is -0.136.